The molecule has 0 aromatic heterocycles. The molecule has 0 heterocycles. The Labute approximate surface area is 78.1 Å². The zero-order valence-electron chi connectivity index (χ0n) is 8.26. The third-order valence-corrected chi connectivity index (χ3v) is 1.46. The maximum atomic E-state index is 11.0. The molecular formula is C8H17N3O2. The number of carbonyl (C=O) groups is 2. The molecule has 0 aliphatic heterocycles. The summed E-state index contributed by atoms with van der Waals surface area (Å²) in [6.45, 7) is 5.27. The molecule has 13 heavy (non-hydrogen) atoms. The third-order valence-electron chi connectivity index (χ3n) is 1.46. The Balaban J connectivity index is 3.68. The van der Waals surface area contributed by atoms with E-state index in [9.17, 15) is 9.59 Å². The van der Waals surface area contributed by atoms with Gasteiger partial charge in [-0.1, -0.05) is 0 Å². The highest BCUT2D eigenvalue weighted by molar-refractivity contribution is 5.81. The van der Waals surface area contributed by atoms with Gasteiger partial charge in [-0.05, 0) is 13.8 Å². The SMILES string of the molecule is CC(=O)NCC(C)NC(=O)[C@@H](C)N. The Kier molecular flexibility index (Phi) is 5.06. The minimum atomic E-state index is -0.514. The van der Waals surface area contributed by atoms with Crippen LogP contribution >= 0.6 is 0 Å². The van der Waals surface area contributed by atoms with Crippen molar-refractivity contribution in [2.45, 2.75) is 32.9 Å². The van der Waals surface area contributed by atoms with Gasteiger partial charge in [0.2, 0.25) is 11.8 Å². The predicted molar refractivity (Wildman–Crippen MR) is 49.9 cm³/mol. The molecule has 0 saturated heterocycles. The van der Waals surface area contributed by atoms with Crippen molar-refractivity contribution in [2.24, 2.45) is 5.73 Å². The molecule has 2 atom stereocenters. The second kappa shape index (κ2) is 5.53. The van der Waals surface area contributed by atoms with Crippen molar-refractivity contribution in [3.05, 3.63) is 0 Å². The monoisotopic (exact) mass is 187 g/mol. The summed E-state index contributed by atoms with van der Waals surface area (Å²) in [6.07, 6.45) is 0. The lowest BCUT2D eigenvalue weighted by atomic mass is 10.3. The number of hydrogen-bond acceptors (Lipinski definition) is 3. The second-order valence-electron chi connectivity index (χ2n) is 3.14. The van der Waals surface area contributed by atoms with Crippen molar-refractivity contribution < 1.29 is 9.59 Å². The van der Waals surface area contributed by atoms with Gasteiger partial charge in [0.1, 0.15) is 0 Å². The number of rotatable bonds is 4. The third kappa shape index (κ3) is 6.10. The maximum Gasteiger partial charge on any atom is 0.236 e. The van der Waals surface area contributed by atoms with E-state index in [2.05, 4.69) is 10.6 Å². The van der Waals surface area contributed by atoms with Gasteiger partial charge in [0.15, 0.2) is 0 Å². The van der Waals surface area contributed by atoms with Crippen LogP contribution in [0.3, 0.4) is 0 Å². The zero-order chi connectivity index (χ0) is 10.4. The molecule has 0 bridgehead atoms. The maximum absolute atomic E-state index is 11.0. The molecular weight excluding hydrogens is 170 g/mol. The molecule has 2 amide bonds. The van der Waals surface area contributed by atoms with Crippen LogP contribution in [-0.2, 0) is 9.59 Å². The summed E-state index contributed by atoms with van der Waals surface area (Å²) < 4.78 is 0. The molecule has 0 saturated carbocycles. The summed E-state index contributed by atoms with van der Waals surface area (Å²) >= 11 is 0. The molecule has 5 nitrogen and oxygen atoms in total. The number of amides is 2. The summed E-state index contributed by atoms with van der Waals surface area (Å²) in [7, 11) is 0. The molecule has 0 aliphatic carbocycles. The van der Waals surface area contributed by atoms with Crippen LogP contribution in [0.1, 0.15) is 20.8 Å². The van der Waals surface area contributed by atoms with Gasteiger partial charge >= 0.3 is 0 Å². The Morgan fingerprint density at radius 1 is 1.38 bits per heavy atom. The van der Waals surface area contributed by atoms with E-state index in [4.69, 9.17) is 5.73 Å². The number of nitrogens with one attached hydrogen (secondary N) is 2. The molecule has 0 aromatic carbocycles. The fourth-order valence-electron chi connectivity index (χ4n) is 0.722. The van der Waals surface area contributed by atoms with Crippen LogP contribution in [0.25, 0.3) is 0 Å². The van der Waals surface area contributed by atoms with Crippen LogP contribution < -0.4 is 16.4 Å². The number of nitrogens with two attached hydrogens (primary N) is 1. The van der Waals surface area contributed by atoms with Crippen LogP contribution in [0.15, 0.2) is 0 Å². The first-order valence-electron chi connectivity index (χ1n) is 4.24. The minimum absolute atomic E-state index is 0.0950. The second-order valence-corrected chi connectivity index (χ2v) is 3.14. The fraction of sp³-hybridized carbons (Fsp3) is 0.750. The van der Waals surface area contributed by atoms with Crippen LogP contribution in [-0.4, -0.2) is 30.4 Å². The minimum Gasteiger partial charge on any atom is -0.354 e. The van der Waals surface area contributed by atoms with Crippen molar-refractivity contribution in [1.29, 1.82) is 0 Å². The van der Waals surface area contributed by atoms with Crippen LogP contribution in [0.5, 0.6) is 0 Å². The van der Waals surface area contributed by atoms with Gasteiger partial charge in [-0.25, -0.2) is 0 Å². The van der Waals surface area contributed by atoms with Crippen molar-refractivity contribution in [2.75, 3.05) is 6.54 Å². The highest BCUT2D eigenvalue weighted by Gasteiger charge is 2.10. The standard InChI is InChI=1S/C8H17N3O2/c1-5(4-10-7(3)12)11-8(13)6(2)9/h5-6H,4,9H2,1-3H3,(H,10,12)(H,11,13)/t5?,6-/m1/s1. The van der Waals surface area contributed by atoms with Gasteiger partial charge in [0, 0.05) is 19.5 Å². The fourth-order valence-corrected chi connectivity index (χ4v) is 0.722. The van der Waals surface area contributed by atoms with Crippen molar-refractivity contribution in [3.8, 4) is 0 Å². The molecule has 0 spiro atoms. The molecule has 0 aromatic rings. The Bertz CT molecular complexity index is 192. The largest absolute Gasteiger partial charge is 0.354 e. The molecule has 0 fully saturated rings. The van der Waals surface area contributed by atoms with Crippen molar-refractivity contribution in [3.63, 3.8) is 0 Å². The predicted octanol–water partition coefficient (Wildman–Crippen LogP) is -1.03. The summed E-state index contributed by atoms with van der Waals surface area (Å²) in [5.41, 5.74) is 5.34. The first-order valence-corrected chi connectivity index (χ1v) is 4.24. The Hall–Kier alpha value is -1.10. The first kappa shape index (κ1) is 11.9. The van der Waals surface area contributed by atoms with E-state index >= 15 is 0 Å². The first-order chi connectivity index (χ1) is 5.93. The van der Waals surface area contributed by atoms with E-state index in [1.807, 2.05) is 0 Å². The molecule has 76 valence electrons. The van der Waals surface area contributed by atoms with Gasteiger partial charge in [0.05, 0.1) is 6.04 Å². The average Bonchev–Trinajstić information content (AvgIpc) is 2.00. The lowest BCUT2D eigenvalue weighted by Crippen LogP contribution is -2.46. The highest BCUT2D eigenvalue weighted by Crippen LogP contribution is 1.82. The van der Waals surface area contributed by atoms with E-state index in [-0.39, 0.29) is 17.9 Å². The van der Waals surface area contributed by atoms with E-state index in [1.54, 1.807) is 13.8 Å². The molecule has 4 N–H and O–H groups in total. The molecule has 0 rings (SSSR count). The van der Waals surface area contributed by atoms with Crippen LogP contribution in [0.2, 0.25) is 0 Å². The summed E-state index contributed by atoms with van der Waals surface area (Å²) in [6, 6.07) is -0.609. The highest BCUT2D eigenvalue weighted by atomic mass is 16.2. The average molecular weight is 187 g/mol. The summed E-state index contributed by atoms with van der Waals surface area (Å²) in [5, 5.41) is 5.25. The molecule has 5 heteroatoms. The molecule has 1 unspecified atom stereocenters. The summed E-state index contributed by atoms with van der Waals surface area (Å²) in [4.78, 5) is 21.6. The van der Waals surface area contributed by atoms with Crippen molar-refractivity contribution in [1.82, 2.24) is 10.6 Å². The van der Waals surface area contributed by atoms with E-state index < -0.39 is 6.04 Å². The van der Waals surface area contributed by atoms with Gasteiger partial charge in [-0.3, -0.25) is 9.59 Å². The Morgan fingerprint density at radius 3 is 2.31 bits per heavy atom. The Morgan fingerprint density at radius 2 is 1.92 bits per heavy atom. The zero-order valence-corrected chi connectivity index (χ0v) is 8.26. The molecule has 0 aliphatic rings. The lowest BCUT2D eigenvalue weighted by Gasteiger charge is -2.15. The smallest absolute Gasteiger partial charge is 0.236 e. The van der Waals surface area contributed by atoms with Gasteiger partial charge < -0.3 is 16.4 Å². The van der Waals surface area contributed by atoms with Gasteiger partial charge in [-0.15, -0.1) is 0 Å². The molecule has 0 radical (unpaired) electrons. The number of hydrogen-bond donors (Lipinski definition) is 3. The van der Waals surface area contributed by atoms with E-state index in [0.29, 0.717) is 6.54 Å². The quantitative estimate of drug-likeness (QED) is 0.526. The van der Waals surface area contributed by atoms with Gasteiger partial charge in [-0.2, -0.15) is 0 Å². The lowest BCUT2D eigenvalue weighted by molar-refractivity contribution is -0.123. The van der Waals surface area contributed by atoms with E-state index in [1.165, 1.54) is 6.92 Å². The van der Waals surface area contributed by atoms with Crippen LogP contribution in [0, 0.1) is 0 Å². The van der Waals surface area contributed by atoms with E-state index in [0.717, 1.165) is 0 Å². The van der Waals surface area contributed by atoms with Crippen LogP contribution in [0.4, 0.5) is 0 Å². The number of carbonyl (C=O) groups excluding carboxylic acids is 2. The topological polar surface area (TPSA) is 84.2 Å². The summed E-state index contributed by atoms with van der Waals surface area (Å²) in [5.74, 6) is -0.320. The normalized spacial score (nSPS) is 14.5. The van der Waals surface area contributed by atoms with Gasteiger partial charge in [0.25, 0.3) is 0 Å². The van der Waals surface area contributed by atoms with Crippen molar-refractivity contribution >= 4 is 11.8 Å².